The van der Waals surface area contributed by atoms with Crippen molar-refractivity contribution >= 4 is 11.6 Å². The zero-order chi connectivity index (χ0) is 13.8. The molecule has 0 bridgehead atoms. The zero-order valence-electron chi connectivity index (χ0n) is 10.4. The van der Waals surface area contributed by atoms with E-state index in [-0.39, 0.29) is 18.1 Å². The molecule has 1 heterocycles. The van der Waals surface area contributed by atoms with E-state index in [1.54, 1.807) is 6.33 Å². The van der Waals surface area contributed by atoms with Crippen LogP contribution in [-0.4, -0.2) is 20.7 Å². The van der Waals surface area contributed by atoms with Gasteiger partial charge in [0.05, 0.1) is 12.2 Å². The molecule has 1 aromatic heterocycles. The fraction of sp³-hybridized carbons (Fsp3) is 0.250. The van der Waals surface area contributed by atoms with Crippen molar-refractivity contribution in [2.45, 2.75) is 20.0 Å². The van der Waals surface area contributed by atoms with Crippen LogP contribution in [0.1, 0.15) is 23.1 Å². The monoisotopic (exact) mass is 263 g/mol. The van der Waals surface area contributed by atoms with E-state index in [0.29, 0.717) is 11.4 Å². The van der Waals surface area contributed by atoms with Crippen LogP contribution in [0.3, 0.4) is 0 Å². The van der Waals surface area contributed by atoms with Crippen LogP contribution in [0.2, 0.25) is 0 Å². The van der Waals surface area contributed by atoms with Gasteiger partial charge in [-0.05, 0) is 25.1 Å². The number of hydrogen-bond acceptors (Lipinski definition) is 4. The number of hydrogen-bond donors (Lipinski definition) is 2. The molecule has 1 amide bonds. The van der Waals surface area contributed by atoms with Gasteiger partial charge in [0.1, 0.15) is 12.1 Å². The Morgan fingerprint density at radius 3 is 3.00 bits per heavy atom. The Balaban J connectivity index is 2.03. The van der Waals surface area contributed by atoms with Crippen LogP contribution in [0.15, 0.2) is 24.5 Å². The van der Waals surface area contributed by atoms with Crippen LogP contribution in [0.5, 0.6) is 0 Å². The Bertz CT molecular complexity index is 596. The van der Waals surface area contributed by atoms with Gasteiger partial charge in [0.2, 0.25) is 0 Å². The molecule has 2 aromatic rings. The molecule has 0 aliphatic carbocycles. The number of benzene rings is 1. The maximum absolute atomic E-state index is 13.0. The van der Waals surface area contributed by atoms with Crippen molar-refractivity contribution in [3.63, 3.8) is 0 Å². The van der Waals surface area contributed by atoms with Crippen molar-refractivity contribution in [2.24, 2.45) is 0 Å². The Labute approximate surface area is 109 Å². The van der Waals surface area contributed by atoms with Gasteiger partial charge < -0.3 is 15.6 Å². The summed E-state index contributed by atoms with van der Waals surface area (Å²) >= 11 is 0. The fourth-order valence-electron chi connectivity index (χ4n) is 1.63. The number of carbonyl (C=O) groups excluding carboxylic acids is 1. The number of aromatic nitrogens is 3. The van der Waals surface area contributed by atoms with Gasteiger partial charge in [-0.25, -0.2) is 4.39 Å². The number of carbonyl (C=O) groups is 1. The maximum Gasteiger partial charge on any atom is 0.251 e. The van der Waals surface area contributed by atoms with Gasteiger partial charge in [0, 0.05) is 12.1 Å². The predicted molar refractivity (Wildman–Crippen MR) is 67.7 cm³/mol. The van der Waals surface area contributed by atoms with Gasteiger partial charge in [-0.2, -0.15) is 0 Å². The second-order valence-corrected chi connectivity index (χ2v) is 3.95. The van der Waals surface area contributed by atoms with Gasteiger partial charge in [0.25, 0.3) is 5.91 Å². The summed E-state index contributed by atoms with van der Waals surface area (Å²) in [5.41, 5.74) is 5.67. The molecule has 0 aliphatic heterocycles. The predicted octanol–water partition coefficient (Wildman–Crippen LogP) is 0.949. The summed E-state index contributed by atoms with van der Waals surface area (Å²) in [6.45, 7) is 2.93. The van der Waals surface area contributed by atoms with E-state index in [2.05, 4.69) is 15.5 Å². The lowest BCUT2D eigenvalue weighted by atomic mass is 10.2. The summed E-state index contributed by atoms with van der Waals surface area (Å²) in [7, 11) is 0. The minimum atomic E-state index is -0.540. The van der Waals surface area contributed by atoms with E-state index in [1.165, 1.54) is 18.2 Å². The minimum Gasteiger partial charge on any atom is -0.396 e. The zero-order valence-corrected chi connectivity index (χ0v) is 10.4. The van der Waals surface area contributed by atoms with E-state index in [4.69, 9.17) is 5.73 Å². The average Bonchev–Trinajstić information content (AvgIpc) is 2.86. The number of nitrogens with two attached hydrogens (primary N) is 1. The summed E-state index contributed by atoms with van der Waals surface area (Å²) in [6.07, 6.45) is 1.59. The first-order chi connectivity index (χ1) is 9.11. The van der Waals surface area contributed by atoms with Crippen LogP contribution >= 0.6 is 0 Å². The first kappa shape index (κ1) is 13.0. The highest BCUT2D eigenvalue weighted by molar-refractivity contribution is 5.94. The maximum atomic E-state index is 13.0. The first-order valence-corrected chi connectivity index (χ1v) is 5.81. The molecule has 19 heavy (non-hydrogen) atoms. The Morgan fingerprint density at radius 1 is 1.53 bits per heavy atom. The molecule has 1 aromatic carbocycles. The van der Waals surface area contributed by atoms with Crippen LogP contribution in [0.4, 0.5) is 10.1 Å². The molecule has 0 spiro atoms. The molecule has 0 aliphatic rings. The molecule has 7 heteroatoms. The van der Waals surface area contributed by atoms with Crippen molar-refractivity contribution in [1.82, 2.24) is 20.1 Å². The Kier molecular flexibility index (Phi) is 3.74. The van der Waals surface area contributed by atoms with Crippen LogP contribution in [-0.2, 0) is 13.1 Å². The third-order valence-electron chi connectivity index (χ3n) is 2.70. The largest absolute Gasteiger partial charge is 0.396 e. The second kappa shape index (κ2) is 5.47. The molecule has 6 nitrogen and oxygen atoms in total. The molecule has 0 atom stereocenters. The molecule has 0 saturated heterocycles. The summed E-state index contributed by atoms with van der Waals surface area (Å²) in [4.78, 5) is 11.9. The fourth-order valence-corrected chi connectivity index (χ4v) is 1.63. The number of nitrogens with one attached hydrogen (secondary N) is 1. The van der Waals surface area contributed by atoms with Crippen LogP contribution in [0, 0.1) is 5.82 Å². The van der Waals surface area contributed by atoms with Gasteiger partial charge in [-0.3, -0.25) is 4.79 Å². The highest BCUT2D eigenvalue weighted by Crippen LogP contribution is 2.12. The van der Waals surface area contributed by atoms with Gasteiger partial charge in [0.15, 0.2) is 5.82 Å². The molecule has 3 N–H and O–H groups in total. The number of nitrogens with zero attached hydrogens (tertiary/aromatic N) is 3. The summed E-state index contributed by atoms with van der Waals surface area (Å²) in [6, 6.07) is 3.85. The molecule has 0 unspecified atom stereocenters. The molecule has 0 saturated carbocycles. The van der Waals surface area contributed by atoms with Gasteiger partial charge in [-0.1, -0.05) is 0 Å². The number of halogens is 1. The highest BCUT2D eigenvalue weighted by atomic mass is 19.1. The van der Waals surface area contributed by atoms with Crippen molar-refractivity contribution in [3.8, 4) is 0 Å². The van der Waals surface area contributed by atoms with Crippen molar-refractivity contribution < 1.29 is 9.18 Å². The summed E-state index contributed by atoms with van der Waals surface area (Å²) in [5, 5.41) is 10.3. The van der Waals surface area contributed by atoms with E-state index >= 15 is 0 Å². The lowest BCUT2D eigenvalue weighted by Crippen LogP contribution is -2.24. The number of rotatable bonds is 4. The number of nitrogen functional groups attached to an aromatic ring is 1. The molecular weight excluding hydrogens is 249 g/mol. The molecule has 100 valence electrons. The summed E-state index contributed by atoms with van der Waals surface area (Å²) in [5.74, 6) is -0.217. The van der Waals surface area contributed by atoms with Crippen molar-refractivity contribution in [2.75, 3.05) is 5.73 Å². The van der Waals surface area contributed by atoms with E-state index in [9.17, 15) is 9.18 Å². The lowest BCUT2D eigenvalue weighted by Gasteiger charge is -2.06. The molecule has 2 rings (SSSR count). The first-order valence-electron chi connectivity index (χ1n) is 5.81. The lowest BCUT2D eigenvalue weighted by molar-refractivity contribution is 0.0949. The molecule has 0 radical (unpaired) electrons. The summed E-state index contributed by atoms with van der Waals surface area (Å²) < 4.78 is 14.8. The normalized spacial score (nSPS) is 10.4. The Morgan fingerprint density at radius 2 is 2.32 bits per heavy atom. The van der Waals surface area contributed by atoms with E-state index in [0.717, 1.165) is 6.54 Å². The third kappa shape index (κ3) is 2.87. The number of amides is 1. The quantitative estimate of drug-likeness (QED) is 0.804. The highest BCUT2D eigenvalue weighted by Gasteiger charge is 2.09. The number of anilines is 1. The smallest absolute Gasteiger partial charge is 0.251 e. The third-order valence-corrected chi connectivity index (χ3v) is 2.70. The Hall–Kier alpha value is -2.44. The van der Waals surface area contributed by atoms with E-state index < -0.39 is 5.82 Å². The van der Waals surface area contributed by atoms with E-state index in [1.807, 2.05) is 11.5 Å². The van der Waals surface area contributed by atoms with Crippen LogP contribution < -0.4 is 11.1 Å². The molecule has 0 fully saturated rings. The minimum absolute atomic E-state index is 0.0515. The van der Waals surface area contributed by atoms with Crippen molar-refractivity contribution in [1.29, 1.82) is 0 Å². The molecular formula is C12H14FN5O. The van der Waals surface area contributed by atoms with Gasteiger partial charge >= 0.3 is 0 Å². The standard InChI is InChI=1S/C12H14FN5O/c1-2-18-7-16-17-11(18)6-15-12(19)8-3-4-9(13)10(14)5-8/h3-5,7H,2,6,14H2,1H3,(H,15,19). The topological polar surface area (TPSA) is 85.8 Å². The van der Waals surface area contributed by atoms with Crippen LogP contribution in [0.25, 0.3) is 0 Å². The van der Waals surface area contributed by atoms with Gasteiger partial charge in [-0.15, -0.1) is 10.2 Å². The number of aryl methyl sites for hydroxylation is 1. The average molecular weight is 263 g/mol. The second-order valence-electron chi connectivity index (χ2n) is 3.95. The SMILES string of the molecule is CCn1cnnc1CNC(=O)c1ccc(F)c(N)c1. The van der Waals surface area contributed by atoms with Crippen molar-refractivity contribution in [3.05, 3.63) is 41.7 Å².